The van der Waals surface area contributed by atoms with Gasteiger partial charge in [0.25, 0.3) is 0 Å². The van der Waals surface area contributed by atoms with Gasteiger partial charge in [-0.1, -0.05) is 65.5 Å². The summed E-state index contributed by atoms with van der Waals surface area (Å²) in [6.45, 7) is 13.7. The lowest BCUT2D eigenvalue weighted by atomic mass is 9.47. The van der Waals surface area contributed by atoms with E-state index < -0.39 is 16.5 Å². The maximum atomic E-state index is 11.2. The second-order valence-corrected chi connectivity index (χ2v) is 14.7. The molecule has 1 N–H and O–H groups in total. The molecule has 0 aromatic carbocycles. The molecule has 0 heterocycles. The van der Waals surface area contributed by atoms with Gasteiger partial charge in [0, 0.05) is 14.2 Å². The van der Waals surface area contributed by atoms with Gasteiger partial charge in [-0.25, -0.2) is 4.18 Å². The minimum absolute atomic E-state index is 0.171. The van der Waals surface area contributed by atoms with Crippen molar-refractivity contribution in [3.8, 4) is 0 Å². The molecule has 0 spiro atoms. The normalized spacial score (nSPS) is 37.4. The van der Waals surface area contributed by atoms with E-state index in [1.54, 1.807) is 14.2 Å². The predicted molar refractivity (Wildman–Crippen MR) is 153 cm³/mol. The highest BCUT2D eigenvalue weighted by Gasteiger charge is 2.59. The zero-order valence-corrected chi connectivity index (χ0v) is 26.0. The topological polar surface area (TPSA) is 82.1 Å². The van der Waals surface area contributed by atoms with Crippen LogP contribution < -0.4 is 0 Å². The highest BCUT2D eigenvalue weighted by atomic mass is 32.3. The minimum Gasteiger partial charge on any atom is -0.382 e. The average Bonchev–Trinajstić information content (AvgIpc) is 3.19. The van der Waals surface area contributed by atoms with Crippen molar-refractivity contribution in [3.63, 3.8) is 0 Å². The molecule has 4 aliphatic rings. The Bertz CT molecular complexity index is 881. The SMILES string of the molecule is CC(C)CCCC(C)[C@H]1CC[C@H]2[C@@H]3CC=C4C[C@@H](OS(=O)(=O)O)CC[C@]4(C)[C@H]3CC[C@]12C.COCCOC. The van der Waals surface area contributed by atoms with Crippen molar-refractivity contribution < 1.29 is 26.6 Å². The molecule has 0 saturated heterocycles. The maximum Gasteiger partial charge on any atom is 0.397 e. The summed E-state index contributed by atoms with van der Waals surface area (Å²) in [4.78, 5) is 0. The van der Waals surface area contributed by atoms with E-state index in [2.05, 4.69) is 50.2 Å². The van der Waals surface area contributed by atoms with Crippen LogP contribution in [0.5, 0.6) is 0 Å². The van der Waals surface area contributed by atoms with E-state index in [9.17, 15) is 8.42 Å². The molecule has 4 rings (SSSR count). The zero-order chi connectivity index (χ0) is 28.1. The van der Waals surface area contributed by atoms with E-state index >= 15 is 0 Å². The van der Waals surface area contributed by atoms with Gasteiger partial charge in [0.15, 0.2) is 0 Å². The van der Waals surface area contributed by atoms with Crippen LogP contribution in [0.15, 0.2) is 11.6 Å². The van der Waals surface area contributed by atoms with Crippen molar-refractivity contribution >= 4 is 10.4 Å². The molecule has 222 valence electrons. The molecule has 0 bridgehead atoms. The fraction of sp³-hybridized carbons (Fsp3) is 0.935. The summed E-state index contributed by atoms with van der Waals surface area (Å²) in [5.41, 5.74) is 2.05. The molecule has 0 aromatic heterocycles. The number of methoxy groups -OCH3 is 2. The van der Waals surface area contributed by atoms with Crippen LogP contribution in [0.25, 0.3) is 0 Å². The first-order chi connectivity index (χ1) is 17.9. The van der Waals surface area contributed by atoms with Crippen molar-refractivity contribution in [3.05, 3.63) is 11.6 Å². The fourth-order valence-corrected chi connectivity index (χ4v) is 9.58. The lowest BCUT2D eigenvalue weighted by Gasteiger charge is -2.58. The molecule has 0 aliphatic heterocycles. The highest BCUT2D eigenvalue weighted by molar-refractivity contribution is 7.80. The summed E-state index contributed by atoms with van der Waals surface area (Å²) in [6.07, 6.45) is 15.1. The van der Waals surface area contributed by atoms with Gasteiger partial charge in [0.2, 0.25) is 0 Å². The van der Waals surface area contributed by atoms with Gasteiger partial charge < -0.3 is 9.47 Å². The van der Waals surface area contributed by atoms with Crippen LogP contribution in [0.4, 0.5) is 0 Å². The molecule has 7 heteroatoms. The number of ether oxygens (including phenoxy) is 2. The second-order valence-electron chi connectivity index (χ2n) is 13.7. The molecule has 3 saturated carbocycles. The van der Waals surface area contributed by atoms with Gasteiger partial charge in [0.05, 0.1) is 19.3 Å². The third-order valence-electron chi connectivity index (χ3n) is 11.0. The maximum absolute atomic E-state index is 11.2. The number of rotatable bonds is 10. The van der Waals surface area contributed by atoms with Crippen LogP contribution in [0.1, 0.15) is 105 Å². The summed E-state index contributed by atoms with van der Waals surface area (Å²) in [6, 6.07) is 0. The van der Waals surface area contributed by atoms with Crippen LogP contribution in [-0.2, 0) is 24.1 Å². The molecule has 4 aliphatic carbocycles. The minimum atomic E-state index is -4.38. The van der Waals surface area contributed by atoms with E-state index in [0.717, 1.165) is 42.4 Å². The van der Waals surface area contributed by atoms with E-state index in [-0.39, 0.29) is 5.41 Å². The molecule has 6 nitrogen and oxygen atoms in total. The van der Waals surface area contributed by atoms with Crippen LogP contribution in [-0.4, -0.2) is 46.5 Å². The van der Waals surface area contributed by atoms with E-state index in [4.69, 9.17) is 8.74 Å². The quantitative estimate of drug-likeness (QED) is 0.170. The Labute approximate surface area is 233 Å². The lowest BCUT2D eigenvalue weighted by Crippen LogP contribution is -2.51. The third kappa shape index (κ3) is 7.43. The summed E-state index contributed by atoms with van der Waals surface area (Å²) < 4.78 is 45.9. The monoisotopic (exact) mass is 556 g/mol. The predicted octanol–water partition coefficient (Wildman–Crippen LogP) is 7.50. The third-order valence-corrected chi connectivity index (χ3v) is 11.5. The lowest BCUT2D eigenvalue weighted by molar-refractivity contribution is -0.0560. The number of hydrogen-bond donors (Lipinski definition) is 1. The molecule has 1 unspecified atom stereocenters. The first-order valence-electron chi connectivity index (χ1n) is 15.2. The van der Waals surface area contributed by atoms with Gasteiger partial charge in [-0.3, -0.25) is 4.55 Å². The van der Waals surface area contributed by atoms with Crippen LogP contribution in [0.2, 0.25) is 0 Å². The van der Waals surface area contributed by atoms with Crippen molar-refractivity contribution in [1.82, 2.24) is 0 Å². The number of fused-ring (bicyclic) bond motifs is 5. The summed E-state index contributed by atoms with van der Waals surface area (Å²) in [5, 5.41) is 0. The highest BCUT2D eigenvalue weighted by Crippen LogP contribution is 2.67. The molecule has 0 radical (unpaired) electrons. The zero-order valence-electron chi connectivity index (χ0n) is 25.2. The number of allylic oxidation sites excluding steroid dienone is 1. The Morgan fingerprint density at radius 1 is 0.974 bits per heavy atom. The van der Waals surface area contributed by atoms with Crippen molar-refractivity contribution in [1.29, 1.82) is 0 Å². The van der Waals surface area contributed by atoms with Crippen LogP contribution >= 0.6 is 0 Å². The van der Waals surface area contributed by atoms with E-state index in [1.807, 2.05) is 0 Å². The molecular formula is C31H56O6S. The van der Waals surface area contributed by atoms with Crippen molar-refractivity contribution in [2.24, 2.45) is 46.3 Å². The van der Waals surface area contributed by atoms with Gasteiger partial charge in [-0.2, -0.15) is 8.42 Å². The second kappa shape index (κ2) is 13.5. The van der Waals surface area contributed by atoms with Crippen molar-refractivity contribution in [2.45, 2.75) is 111 Å². The summed E-state index contributed by atoms with van der Waals surface area (Å²) >= 11 is 0. The van der Waals surface area contributed by atoms with Gasteiger partial charge in [-0.15, -0.1) is 0 Å². The van der Waals surface area contributed by atoms with Gasteiger partial charge in [0.1, 0.15) is 0 Å². The standard InChI is InChI=1S/C27H46O4S.C4H10O2/c1-18(2)7-6-8-19(3)23-11-12-24-22-10-9-20-17-21(31-32(28,29)30)13-15-26(20,4)25(22)14-16-27(23,24)5;1-5-3-4-6-2/h9,18-19,21-25H,6-8,10-17H2,1-5H3,(H,28,29,30);3-4H2,1-2H3/t19?,21-,22-,23+,24-,25-,26-,27+;/m0./s1. The fourth-order valence-electron chi connectivity index (χ4n) is 9.07. The average molecular weight is 557 g/mol. The molecular weight excluding hydrogens is 500 g/mol. The Morgan fingerprint density at radius 2 is 1.66 bits per heavy atom. The summed E-state index contributed by atoms with van der Waals surface area (Å²) in [5.74, 6) is 4.83. The molecule has 38 heavy (non-hydrogen) atoms. The van der Waals surface area contributed by atoms with Crippen molar-refractivity contribution in [2.75, 3.05) is 27.4 Å². The van der Waals surface area contributed by atoms with E-state index in [0.29, 0.717) is 37.4 Å². The first kappa shape index (κ1) is 32.0. The van der Waals surface area contributed by atoms with E-state index in [1.165, 1.54) is 50.5 Å². The first-order valence-corrected chi connectivity index (χ1v) is 16.5. The van der Waals surface area contributed by atoms with Gasteiger partial charge in [-0.05, 0) is 97.7 Å². The Balaban J connectivity index is 0.000000599. The van der Waals surface area contributed by atoms with Crippen LogP contribution in [0.3, 0.4) is 0 Å². The molecule has 0 amide bonds. The Kier molecular flexibility index (Phi) is 11.4. The van der Waals surface area contributed by atoms with Gasteiger partial charge >= 0.3 is 10.4 Å². The largest absolute Gasteiger partial charge is 0.397 e. The Morgan fingerprint density at radius 3 is 2.26 bits per heavy atom. The summed E-state index contributed by atoms with van der Waals surface area (Å²) in [7, 11) is -1.07. The molecule has 0 aromatic rings. The smallest absolute Gasteiger partial charge is 0.382 e. The molecule has 3 fully saturated rings. The Hall–Kier alpha value is -0.470. The number of hydrogen-bond acceptors (Lipinski definition) is 5. The van der Waals surface area contributed by atoms with Crippen LogP contribution in [0, 0.1) is 46.3 Å². The molecule has 8 atom stereocenters.